The van der Waals surface area contributed by atoms with E-state index in [0.29, 0.717) is 24.6 Å². The topological polar surface area (TPSA) is 74.3 Å². The Morgan fingerprint density at radius 2 is 2.07 bits per heavy atom. The molecule has 3 amide bonds. The third kappa shape index (κ3) is 3.96. The molecule has 9 heteroatoms. The molecule has 2 N–H and O–H groups in total. The number of halogens is 3. The Balaban J connectivity index is 1.67. The predicted octanol–water partition coefficient (Wildman–Crippen LogP) is 3.51. The van der Waals surface area contributed by atoms with Crippen molar-refractivity contribution in [3.8, 4) is 0 Å². The molecule has 158 valence electrons. The first kappa shape index (κ1) is 20.5. The number of carbonyl (C=O) groups is 2. The summed E-state index contributed by atoms with van der Waals surface area (Å²) in [5.74, 6) is -1.65. The number of nitrogens with zero attached hydrogens (tertiary/aromatic N) is 2. The second-order valence-electron chi connectivity index (χ2n) is 7.60. The summed E-state index contributed by atoms with van der Waals surface area (Å²) >= 11 is 5.78. The van der Waals surface area contributed by atoms with Gasteiger partial charge in [-0.15, -0.1) is 0 Å². The largest absolute Gasteiger partial charge is 0.353 e. The molecule has 4 rings (SSSR count). The Hall–Kier alpha value is -2.74. The Labute approximate surface area is 177 Å². The van der Waals surface area contributed by atoms with E-state index in [1.165, 1.54) is 11.0 Å². The van der Waals surface area contributed by atoms with E-state index >= 15 is 0 Å². The van der Waals surface area contributed by atoms with Crippen LogP contribution < -0.4 is 10.6 Å². The van der Waals surface area contributed by atoms with Crippen LogP contribution in [0, 0.1) is 11.6 Å². The van der Waals surface area contributed by atoms with Gasteiger partial charge in [-0.05, 0) is 37.5 Å². The summed E-state index contributed by atoms with van der Waals surface area (Å²) < 4.78 is 28.5. The van der Waals surface area contributed by atoms with Crippen molar-refractivity contribution in [1.29, 1.82) is 0 Å². The van der Waals surface area contributed by atoms with Crippen molar-refractivity contribution in [2.24, 2.45) is 0 Å². The lowest BCUT2D eigenvalue weighted by Gasteiger charge is -2.34. The number of hydrogen-bond donors (Lipinski definition) is 2. The van der Waals surface area contributed by atoms with Crippen LogP contribution in [0.15, 0.2) is 30.5 Å². The molecule has 1 saturated heterocycles. The van der Waals surface area contributed by atoms with Crippen molar-refractivity contribution < 1.29 is 18.4 Å². The molecule has 1 aliphatic carbocycles. The number of urea groups is 1. The third-order valence-corrected chi connectivity index (χ3v) is 5.89. The molecule has 2 fully saturated rings. The maximum atomic E-state index is 14.8. The zero-order chi connectivity index (χ0) is 21.4. The number of nitrogens with one attached hydrogen (secondary N) is 2. The predicted molar refractivity (Wildman–Crippen MR) is 107 cm³/mol. The molecule has 2 atom stereocenters. The highest BCUT2D eigenvalue weighted by atomic mass is 35.5. The molecule has 0 spiro atoms. The van der Waals surface area contributed by atoms with Crippen LogP contribution >= 0.6 is 11.6 Å². The zero-order valence-electron chi connectivity index (χ0n) is 16.3. The summed E-state index contributed by atoms with van der Waals surface area (Å²) in [6.45, 7) is 2.26. The number of piperazine rings is 1. The van der Waals surface area contributed by atoms with Crippen molar-refractivity contribution in [3.05, 3.63) is 63.9 Å². The maximum absolute atomic E-state index is 14.8. The van der Waals surface area contributed by atoms with Gasteiger partial charge in [0, 0.05) is 36.5 Å². The molecule has 2 heterocycles. The first-order chi connectivity index (χ1) is 14.4. The van der Waals surface area contributed by atoms with Crippen LogP contribution in [0.5, 0.6) is 0 Å². The Bertz CT molecular complexity index is 982. The second kappa shape index (κ2) is 8.18. The normalized spacial score (nSPS) is 19.9. The van der Waals surface area contributed by atoms with Gasteiger partial charge in [0.2, 0.25) is 5.91 Å². The van der Waals surface area contributed by atoms with E-state index in [9.17, 15) is 18.4 Å². The third-order valence-electron chi connectivity index (χ3n) is 5.54. The molecule has 1 aromatic heterocycles. The molecule has 0 unspecified atom stereocenters. The number of hydrogen-bond acceptors (Lipinski definition) is 3. The molecule has 1 aromatic carbocycles. The second-order valence-corrected chi connectivity index (χ2v) is 7.98. The average molecular weight is 435 g/mol. The molecule has 1 aliphatic heterocycles. The summed E-state index contributed by atoms with van der Waals surface area (Å²) in [5.41, 5.74) is 1.50. The minimum Gasteiger partial charge on any atom is -0.353 e. The SMILES string of the molecule is C[C@@H]1C(=O)NCCN1C(=O)N[C@H](c1ccc(C2CC2)nc1)c1ccc(F)c(Cl)c1F. The van der Waals surface area contributed by atoms with Crippen LogP contribution in [0.4, 0.5) is 13.6 Å². The standard InChI is InChI=1S/C21H21ClF2N4O2/c1-11-20(29)25-8-9-28(11)21(30)27-19(14-5-6-15(23)17(22)18(14)24)13-4-7-16(26-10-13)12-2-3-12/h4-7,10-12,19H,2-3,8-9H2,1H3,(H,25,29)(H,27,30)/t11-,19-/m1/s1. The van der Waals surface area contributed by atoms with E-state index in [2.05, 4.69) is 15.6 Å². The lowest BCUT2D eigenvalue weighted by molar-refractivity contribution is -0.126. The van der Waals surface area contributed by atoms with Gasteiger partial charge in [-0.1, -0.05) is 23.7 Å². The summed E-state index contributed by atoms with van der Waals surface area (Å²) in [7, 11) is 0. The molecule has 0 bridgehead atoms. The molecule has 0 radical (unpaired) electrons. The Morgan fingerprint density at radius 1 is 1.30 bits per heavy atom. The number of amides is 3. The van der Waals surface area contributed by atoms with Crippen LogP contribution in [0.2, 0.25) is 5.02 Å². The first-order valence-electron chi connectivity index (χ1n) is 9.81. The number of aromatic nitrogens is 1. The van der Waals surface area contributed by atoms with Gasteiger partial charge in [-0.25, -0.2) is 13.6 Å². The fraction of sp³-hybridized carbons (Fsp3) is 0.381. The van der Waals surface area contributed by atoms with Gasteiger partial charge in [0.1, 0.15) is 22.7 Å². The molecule has 1 saturated carbocycles. The molecule has 6 nitrogen and oxygen atoms in total. The van der Waals surface area contributed by atoms with E-state index in [-0.39, 0.29) is 11.5 Å². The fourth-order valence-corrected chi connectivity index (χ4v) is 3.75. The fourth-order valence-electron chi connectivity index (χ4n) is 3.58. The van der Waals surface area contributed by atoms with Gasteiger partial charge in [0.05, 0.1) is 6.04 Å². The molecular formula is C21H21ClF2N4O2. The summed E-state index contributed by atoms with van der Waals surface area (Å²) in [4.78, 5) is 30.7. The van der Waals surface area contributed by atoms with Gasteiger partial charge in [-0.2, -0.15) is 0 Å². The zero-order valence-corrected chi connectivity index (χ0v) is 17.0. The van der Waals surface area contributed by atoms with E-state index in [4.69, 9.17) is 11.6 Å². The highest BCUT2D eigenvalue weighted by Crippen LogP contribution is 2.39. The van der Waals surface area contributed by atoms with E-state index in [1.54, 1.807) is 19.2 Å². The first-order valence-corrected chi connectivity index (χ1v) is 10.2. The van der Waals surface area contributed by atoms with Crippen LogP contribution in [0.25, 0.3) is 0 Å². The van der Waals surface area contributed by atoms with Crippen LogP contribution in [-0.4, -0.2) is 41.0 Å². The van der Waals surface area contributed by atoms with E-state index in [1.807, 2.05) is 6.07 Å². The van der Waals surface area contributed by atoms with Crippen molar-refractivity contribution in [3.63, 3.8) is 0 Å². The minimum absolute atomic E-state index is 0.0184. The van der Waals surface area contributed by atoms with Gasteiger partial charge < -0.3 is 15.5 Å². The van der Waals surface area contributed by atoms with Gasteiger partial charge >= 0.3 is 6.03 Å². The quantitative estimate of drug-likeness (QED) is 0.723. The van der Waals surface area contributed by atoms with Gasteiger partial charge in [-0.3, -0.25) is 9.78 Å². The summed E-state index contributed by atoms with van der Waals surface area (Å²) in [5, 5.41) is 4.82. The highest BCUT2D eigenvalue weighted by Gasteiger charge is 2.32. The van der Waals surface area contributed by atoms with Crippen molar-refractivity contribution in [2.75, 3.05) is 13.1 Å². The molecule has 2 aliphatic rings. The van der Waals surface area contributed by atoms with Gasteiger partial charge in [0.15, 0.2) is 0 Å². The maximum Gasteiger partial charge on any atom is 0.318 e. The van der Waals surface area contributed by atoms with Crippen LogP contribution in [0.3, 0.4) is 0 Å². The molecular weight excluding hydrogens is 414 g/mol. The monoisotopic (exact) mass is 434 g/mol. The van der Waals surface area contributed by atoms with Crippen LogP contribution in [-0.2, 0) is 4.79 Å². The van der Waals surface area contributed by atoms with E-state index < -0.39 is 34.8 Å². The van der Waals surface area contributed by atoms with Gasteiger partial charge in [0.25, 0.3) is 0 Å². The smallest absolute Gasteiger partial charge is 0.318 e. The Kier molecular flexibility index (Phi) is 5.60. The van der Waals surface area contributed by atoms with E-state index in [0.717, 1.165) is 24.6 Å². The minimum atomic E-state index is -0.950. The molecule has 2 aromatic rings. The molecule has 30 heavy (non-hydrogen) atoms. The number of carbonyl (C=O) groups excluding carboxylic acids is 2. The van der Waals surface area contributed by atoms with Crippen LogP contribution in [0.1, 0.15) is 48.5 Å². The Morgan fingerprint density at radius 3 is 2.73 bits per heavy atom. The van der Waals surface area contributed by atoms with Crippen molar-refractivity contribution in [1.82, 2.24) is 20.5 Å². The number of pyridine rings is 1. The summed E-state index contributed by atoms with van der Waals surface area (Å²) in [6, 6.07) is 3.78. The average Bonchev–Trinajstić information content (AvgIpc) is 3.58. The highest BCUT2D eigenvalue weighted by molar-refractivity contribution is 6.31. The lowest BCUT2D eigenvalue weighted by atomic mass is 9.99. The van der Waals surface area contributed by atoms with Crippen molar-refractivity contribution >= 4 is 23.5 Å². The lowest BCUT2D eigenvalue weighted by Crippen LogP contribution is -2.58. The van der Waals surface area contributed by atoms with Crippen molar-refractivity contribution in [2.45, 2.75) is 37.8 Å². The summed E-state index contributed by atoms with van der Waals surface area (Å²) in [6.07, 6.45) is 3.76. The number of rotatable bonds is 4. The number of benzene rings is 1.